The van der Waals surface area contributed by atoms with Gasteiger partial charge in [-0.25, -0.2) is 9.97 Å². The largest absolute Gasteiger partial charge is 0.371 e. The monoisotopic (exact) mass is 355 g/mol. The summed E-state index contributed by atoms with van der Waals surface area (Å²) < 4.78 is 5.86. The second-order valence-corrected chi connectivity index (χ2v) is 7.39. The van der Waals surface area contributed by atoms with Crippen LogP contribution in [-0.4, -0.2) is 46.7 Å². The fourth-order valence-corrected chi connectivity index (χ4v) is 3.66. The van der Waals surface area contributed by atoms with Gasteiger partial charge in [-0.2, -0.15) is 0 Å². The van der Waals surface area contributed by atoms with E-state index in [1.165, 1.54) is 12.8 Å². The molecule has 26 heavy (non-hydrogen) atoms. The first-order chi connectivity index (χ1) is 12.5. The van der Waals surface area contributed by atoms with E-state index in [2.05, 4.69) is 14.9 Å². The predicted octanol–water partition coefficient (Wildman–Crippen LogP) is 3.61. The summed E-state index contributed by atoms with van der Waals surface area (Å²) in [5.41, 5.74) is 1.53. The molecule has 1 fully saturated rings. The highest BCUT2D eigenvalue weighted by atomic mass is 16.5. The fourth-order valence-electron chi connectivity index (χ4n) is 3.66. The van der Waals surface area contributed by atoms with Crippen LogP contribution in [0.25, 0.3) is 0 Å². The second-order valence-electron chi connectivity index (χ2n) is 7.39. The predicted molar refractivity (Wildman–Crippen MR) is 105 cm³/mol. The lowest BCUT2D eigenvalue weighted by atomic mass is 9.87. The van der Waals surface area contributed by atoms with E-state index in [0.29, 0.717) is 17.1 Å². The highest BCUT2D eigenvalue weighted by Crippen LogP contribution is 2.24. The third kappa shape index (κ3) is 4.55. The Hall–Kier alpha value is -2.08. The number of ether oxygens (including phenoxy) is 1. The lowest BCUT2D eigenvalue weighted by Crippen LogP contribution is -2.27. The van der Waals surface area contributed by atoms with Crippen LogP contribution in [0.5, 0.6) is 0 Å². The number of hydrogen-bond acceptors (Lipinski definition) is 6. The van der Waals surface area contributed by atoms with Gasteiger partial charge in [0.05, 0.1) is 23.6 Å². The Morgan fingerprint density at radius 3 is 2.69 bits per heavy atom. The summed E-state index contributed by atoms with van der Waals surface area (Å²) in [6.45, 7) is 6.10. The van der Waals surface area contributed by atoms with Crippen molar-refractivity contribution in [2.75, 3.05) is 18.0 Å². The Morgan fingerprint density at radius 2 is 1.96 bits per heavy atom. The zero-order chi connectivity index (χ0) is 18.5. The van der Waals surface area contributed by atoms with Gasteiger partial charge in [-0.15, -0.1) is 0 Å². The Morgan fingerprint density at radius 1 is 1.19 bits per heavy atom. The van der Waals surface area contributed by atoms with Gasteiger partial charge in [0.2, 0.25) is 0 Å². The van der Waals surface area contributed by atoms with Crippen LogP contribution >= 0.6 is 0 Å². The molecule has 6 heteroatoms. The second kappa shape index (κ2) is 8.54. The maximum absolute atomic E-state index is 8.64. The summed E-state index contributed by atoms with van der Waals surface area (Å²) in [4.78, 5) is 10.9. The molecule has 2 aliphatic rings. The zero-order valence-electron chi connectivity index (χ0n) is 15.7. The molecule has 6 nitrogen and oxygen atoms in total. The number of anilines is 1. The molecule has 0 amide bonds. The molecule has 1 aliphatic carbocycles. The topological polar surface area (TPSA) is 86.0 Å². The van der Waals surface area contributed by atoms with Crippen LogP contribution in [0, 0.1) is 16.7 Å². The molecule has 0 saturated carbocycles. The molecular formula is C20H29N5O. The number of allylic oxidation sites excluding steroid dienone is 1. The summed E-state index contributed by atoms with van der Waals surface area (Å²) in [7, 11) is 0. The van der Waals surface area contributed by atoms with Gasteiger partial charge in [0.15, 0.2) is 0 Å². The molecule has 2 unspecified atom stereocenters. The van der Waals surface area contributed by atoms with Crippen molar-refractivity contribution in [3.05, 3.63) is 30.2 Å². The minimum atomic E-state index is -0.215. The number of rotatable bonds is 5. The van der Waals surface area contributed by atoms with Crippen LogP contribution in [0.15, 0.2) is 24.5 Å². The van der Waals surface area contributed by atoms with Crippen LogP contribution in [-0.2, 0) is 4.74 Å². The van der Waals surface area contributed by atoms with E-state index in [1.807, 2.05) is 32.1 Å². The van der Waals surface area contributed by atoms with Crippen LogP contribution in [0.4, 0.5) is 5.82 Å². The lowest BCUT2D eigenvalue weighted by molar-refractivity contribution is 0.0295. The molecule has 2 atom stereocenters. The van der Waals surface area contributed by atoms with Crippen molar-refractivity contribution in [3.8, 4) is 0 Å². The average Bonchev–Trinajstić information content (AvgIpc) is 3.15. The molecular weight excluding hydrogens is 326 g/mol. The molecule has 3 rings (SSSR count). The van der Waals surface area contributed by atoms with Crippen LogP contribution in [0.1, 0.15) is 51.6 Å². The van der Waals surface area contributed by atoms with E-state index in [1.54, 1.807) is 6.33 Å². The maximum atomic E-state index is 8.64. The van der Waals surface area contributed by atoms with Crippen molar-refractivity contribution in [3.63, 3.8) is 0 Å². The minimum Gasteiger partial charge on any atom is -0.371 e. The van der Waals surface area contributed by atoms with Crippen molar-refractivity contribution < 1.29 is 4.74 Å². The number of nitrogens with one attached hydrogen (secondary N) is 2. The van der Waals surface area contributed by atoms with Gasteiger partial charge >= 0.3 is 0 Å². The highest BCUT2D eigenvalue weighted by molar-refractivity contribution is 6.15. The molecule has 1 aliphatic heterocycles. The normalized spacial score (nSPS) is 24.0. The van der Waals surface area contributed by atoms with E-state index in [9.17, 15) is 0 Å². The first kappa shape index (κ1) is 18.7. The smallest absolute Gasteiger partial charge is 0.132 e. The molecule has 2 N–H and O–H groups in total. The van der Waals surface area contributed by atoms with Crippen LogP contribution in [0.3, 0.4) is 0 Å². The van der Waals surface area contributed by atoms with E-state index in [4.69, 9.17) is 15.6 Å². The Labute approximate surface area is 155 Å². The summed E-state index contributed by atoms with van der Waals surface area (Å²) >= 11 is 0. The maximum Gasteiger partial charge on any atom is 0.132 e. The van der Waals surface area contributed by atoms with Gasteiger partial charge in [0, 0.05) is 30.8 Å². The molecule has 0 radical (unpaired) electrons. The molecule has 1 aromatic rings. The fraction of sp³-hybridized carbons (Fsp3) is 0.600. The van der Waals surface area contributed by atoms with Crippen molar-refractivity contribution in [2.45, 2.75) is 58.2 Å². The van der Waals surface area contributed by atoms with E-state index in [0.717, 1.165) is 38.2 Å². The molecule has 2 heterocycles. The first-order valence-electron chi connectivity index (χ1n) is 9.62. The van der Waals surface area contributed by atoms with Crippen molar-refractivity contribution in [1.82, 2.24) is 9.97 Å². The Kier molecular flexibility index (Phi) is 6.14. The van der Waals surface area contributed by atoms with Gasteiger partial charge in [0.1, 0.15) is 12.1 Å². The molecule has 0 bridgehead atoms. The van der Waals surface area contributed by atoms with Crippen LogP contribution in [0.2, 0.25) is 0 Å². The third-order valence-electron chi connectivity index (χ3n) is 5.00. The number of hydrogen-bond donors (Lipinski definition) is 2. The molecule has 1 aromatic heterocycles. The zero-order valence-corrected chi connectivity index (χ0v) is 15.7. The molecule has 140 valence electrons. The summed E-state index contributed by atoms with van der Waals surface area (Å²) in [6, 6.07) is 1.91. The standard InChI is InChI=1S/C20H29N5O/c1-14(2)26-15-6-5-7-16(17(21)9-8-15)20(22)18-12-19(24-13-23-18)25-10-3-4-11-25/h8-9,12-16,21-22H,3-7,10-11H2,1-2H3. The molecule has 1 saturated heterocycles. The quantitative estimate of drug-likeness (QED) is 0.790. The Bertz CT molecular complexity index is 679. The SMILES string of the molecule is CC(C)OC1C=CC(=N)C(C(=N)c2cc(N3CCCC3)ncn2)CCC1. The highest BCUT2D eigenvalue weighted by Gasteiger charge is 2.24. The molecule has 0 spiro atoms. The van der Waals surface area contributed by atoms with Crippen molar-refractivity contribution >= 4 is 17.2 Å². The van der Waals surface area contributed by atoms with Crippen molar-refractivity contribution in [2.24, 2.45) is 5.92 Å². The molecule has 0 aromatic carbocycles. The van der Waals surface area contributed by atoms with Crippen LogP contribution < -0.4 is 4.90 Å². The van der Waals surface area contributed by atoms with Gasteiger partial charge in [-0.1, -0.05) is 6.08 Å². The van der Waals surface area contributed by atoms with Gasteiger partial charge < -0.3 is 20.5 Å². The van der Waals surface area contributed by atoms with E-state index in [-0.39, 0.29) is 18.1 Å². The van der Waals surface area contributed by atoms with Gasteiger partial charge in [0.25, 0.3) is 0 Å². The van der Waals surface area contributed by atoms with Crippen molar-refractivity contribution in [1.29, 1.82) is 10.8 Å². The summed E-state index contributed by atoms with van der Waals surface area (Å²) in [6.07, 6.45) is 10.6. The van der Waals surface area contributed by atoms with Gasteiger partial charge in [-0.05, 0) is 52.0 Å². The lowest BCUT2D eigenvalue weighted by Gasteiger charge is -2.24. The van der Waals surface area contributed by atoms with E-state index < -0.39 is 0 Å². The average molecular weight is 355 g/mol. The van der Waals surface area contributed by atoms with E-state index >= 15 is 0 Å². The first-order valence-corrected chi connectivity index (χ1v) is 9.62. The third-order valence-corrected chi connectivity index (χ3v) is 5.00. The summed E-state index contributed by atoms with van der Waals surface area (Å²) in [5.74, 6) is 0.683. The summed E-state index contributed by atoms with van der Waals surface area (Å²) in [5, 5.41) is 17.1. The minimum absolute atomic E-state index is 0.0614. The van der Waals surface area contributed by atoms with Gasteiger partial charge in [-0.3, -0.25) is 0 Å². The number of nitrogens with zero attached hydrogens (tertiary/aromatic N) is 3. The Balaban J connectivity index is 1.73. The number of aromatic nitrogens is 2.